The number of benzene rings is 2. The van der Waals surface area contributed by atoms with Gasteiger partial charge in [-0.2, -0.15) is 0 Å². The summed E-state index contributed by atoms with van der Waals surface area (Å²) in [7, 11) is 1.44. The number of primary amides is 1. The predicted octanol–water partition coefficient (Wildman–Crippen LogP) is 2.72. The molecular weight excluding hydrogens is 502 g/mol. The molecule has 0 atom stereocenters. The molecule has 1 heterocycles. The van der Waals surface area contributed by atoms with E-state index in [1.165, 1.54) is 35.0 Å². The van der Waals surface area contributed by atoms with Crippen molar-refractivity contribution < 1.29 is 23.1 Å². The van der Waals surface area contributed by atoms with Crippen LogP contribution in [0.5, 0.6) is 5.88 Å². The van der Waals surface area contributed by atoms with Gasteiger partial charge in [0.05, 0.1) is 12.2 Å². The van der Waals surface area contributed by atoms with Gasteiger partial charge in [-0.25, -0.2) is 13.8 Å². The van der Waals surface area contributed by atoms with Crippen molar-refractivity contribution in [3.8, 4) is 11.6 Å². The summed E-state index contributed by atoms with van der Waals surface area (Å²) in [6.07, 6.45) is 1.22. The van der Waals surface area contributed by atoms with Crippen molar-refractivity contribution in [2.45, 2.75) is 13.5 Å². The fourth-order valence-electron chi connectivity index (χ4n) is 3.00. The fraction of sp³-hybridized carbons (Fsp3) is 0.182. The first-order valence-electron chi connectivity index (χ1n) is 9.57. The standard InChI is InChI=1S/C22H19BrF2N4O4/c1-12-3-4-13(21(31)28(2)9-18(26)30)7-17(12)29-11-27-20(19(23)22(29)32)33-10-14-5-6-15(24)8-16(14)25/h3-8,11H,9-10H2,1-2H3,(H2,26,30). The van der Waals surface area contributed by atoms with Crippen LogP contribution in [0.4, 0.5) is 8.78 Å². The van der Waals surface area contributed by atoms with Crippen LogP contribution in [0.2, 0.25) is 0 Å². The third-order valence-corrected chi connectivity index (χ3v) is 5.40. The number of amides is 2. The van der Waals surface area contributed by atoms with Gasteiger partial charge in [0, 0.05) is 24.2 Å². The van der Waals surface area contributed by atoms with Gasteiger partial charge in [0.1, 0.15) is 29.0 Å². The van der Waals surface area contributed by atoms with E-state index in [2.05, 4.69) is 20.9 Å². The number of rotatable bonds is 7. The van der Waals surface area contributed by atoms with E-state index in [-0.39, 0.29) is 34.6 Å². The molecular formula is C22H19BrF2N4O4. The zero-order chi connectivity index (χ0) is 24.3. The minimum absolute atomic E-state index is 0.0190. The molecule has 0 aliphatic heterocycles. The number of halogens is 3. The molecule has 8 nitrogen and oxygen atoms in total. The van der Waals surface area contributed by atoms with Crippen LogP contribution in [0.1, 0.15) is 21.5 Å². The SMILES string of the molecule is Cc1ccc(C(=O)N(C)CC(N)=O)cc1-n1cnc(OCc2ccc(F)cc2F)c(Br)c1=O. The van der Waals surface area contributed by atoms with Gasteiger partial charge in [0.15, 0.2) is 0 Å². The third-order valence-electron chi connectivity index (χ3n) is 4.72. The highest BCUT2D eigenvalue weighted by Gasteiger charge is 2.18. The van der Waals surface area contributed by atoms with E-state index in [1.807, 2.05) is 0 Å². The van der Waals surface area contributed by atoms with Crippen molar-refractivity contribution in [3.63, 3.8) is 0 Å². The van der Waals surface area contributed by atoms with E-state index in [4.69, 9.17) is 10.5 Å². The normalized spacial score (nSPS) is 10.7. The Morgan fingerprint density at radius 2 is 1.94 bits per heavy atom. The number of hydrogen-bond donors (Lipinski definition) is 1. The van der Waals surface area contributed by atoms with Crippen LogP contribution >= 0.6 is 15.9 Å². The molecule has 0 aliphatic carbocycles. The number of carbonyl (C=O) groups excluding carboxylic acids is 2. The lowest BCUT2D eigenvalue weighted by Gasteiger charge is -2.17. The number of ether oxygens (including phenoxy) is 1. The summed E-state index contributed by atoms with van der Waals surface area (Å²) in [5.41, 5.74) is 6.02. The van der Waals surface area contributed by atoms with Crippen molar-refractivity contribution in [3.05, 3.63) is 85.9 Å². The highest BCUT2D eigenvalue weighted by Crippen LogP contribution is 2.22. The maximum absolute atomic E-state index is 13.8. The quantitative estimate of drug-likeness (QED) is 0.515. The van der Waals surface area contributed by atoms with E-state index in [0.29, 0.717) is 11.3 Å². The van der Waals surface area contributed by atoms with E-state index < -0.39 is 29.0 Å². The Morgan fingerprint density at radius 1 is 1.21 bits per heavy atom. The van der Waals surface area contributed by atoms with Gasteiger partial charge in [0.25, 0.3) is 11.5 Å². The minimum atomic E-state index is -0.780. The number of nitrogens with zero attached hydrogens (tertiary/aromatic N) is 3. The molecule has 1 aromatic heterocycles. The van der Waals surface area contributed by atoms with Crippen LogP contribution in [-0.4, -0.2) is 39.9 Å². The van der Waals surface area contributed by atoms with Gasteiger partial charge in [-0.1, -0.05) is 6.07 Å². The second-order valence-corrected chi connectivity index (χ2v) is 7.99. The van der Waals surface area contributed by atoms with Gasteiger partial charge in [0.2, 0.25) is 11.8 Å². The summed E-state index contributed by atoms with van der Waals surface area (Å²) in [6.45, 7) is 1.23. The van der Waals surface area contributed by atoms with Crippen molar-refractivity contribution in [2.75, 3.05) is 13.6 Å². The molecule has 0 saturated carbocycles. The van der Waals surface area contributed by atoms with E-state index in [1.54, 1.807) is 19.1 Å². The molecule has 2 N–H and O–H groups in total. The van der Waals surface area contributed by atoms with Crippen LogP contribution in [0.25, 0.3) is 5.69 Å². The van der Waals surface area contributed by atoms with E-state index in [0.717, 1.165) is 12.1 Å². The summed E-state index contributed by atoms with van der Waals surface area (Å²) in [6, 6.07) is 7.79. The molecule has 0 spiro atoms. The Balaban J connectivity index is 1.90. The van der Waals surface area contributed by atoms with Crippen LogP contribution in [0.15, 0.2) is 52.0 Å². The van der Waals surface area contributed by atoms with Crippen LogP contribution in [-0.2, 0) is 11.4 Å². The first kappa shape index (κ1) is 24.1. The molecule has 0 saturated heterocycles. The molecule has 172 valence electrons. The lowest BCUT2D eigenvalue weighted by Crippen LogP contribution is -2.35. The highest BCUT2D eigenvalue weighted by atomic mass is 79.9. The first-order chi connectivity index (χ1) is 15.6. The van der Waals surface area contributed by atoms with Crippen LogP contribution < -0.4 is 16.0 Å². The number of carbonyl (C=O) groups is 2. The number of aromatic nitrogens is 2. The monoisotopic (exact) mass is 520 g/mol. The lowest BCUT2D eigenvalue weighted by atomic mass is 10.1. The molecule has 0 aliphatic rings. The third kappa shape index (κ3) is 5.43. The fourth-order valence-corrected chi connectivity index (χ4v) is 3.41. The predicted molar refractivity (Wildman–Crippen MR) is 119 cm³/mol. The molecule has 33 heavy (non-hydrogen) atoms. The number of nitrogens with two attached hydrogens (primary N) is 1. The maximum Gasteiger partial charge on any atom is 0.276 e. The Bertz CT molecular complexity index is 1300. The minimum Gasteiger partial charge on any atom is -0.472 e. The highest BCUT2D eigenvalue weighted by molar-refractivity contribution is 9.10. The summed E-state index contributed by atoms with van der Waals surface area (Å²) >= 11 is 3.15. The smallest absolute Gasteiger partial charge is 0.276 e. The summed E-state index contributed by atoms with van der Waals surface area (Å²) < 4.78 is 33.5. The van der Waals surface area contributed by atoms with Crippen molar-refractivity contribution in [2.24, 2.45) is 5.73 Å². The number of hydrogen-bond acceptors (Lipinski definition) is 5. The first-order valence-corrected chi connectivity index (χ1v) is 10.4. The van der Waals surface area contributed by atoms with Crippen molar-refractivity contribution in [1.82, 2.24) is 14.5 Å². The average Bonchev–Trinajstić information content (AvgIpc) is 2.75. The molecule has 2 aromatic carbocycles. The molecule has 0 fully saturated rings. The summed E-state index contributed by atoms with van der Waals surface area (Å²) in [5.74, 6) is -2.67. The van der Waals surface area contributed by atoms with Gasteiger partial charge in [-0.15, -0.1) is 0 Å². The Morgan fingerprint density at radius 3 is 2.61 bits per heavy atom. The molecule has 0 unspecified atom stereocenters. The van der Waals surface area contributed by atoms with Crippen molar-refractivity contribution in [1.29, 1.82) is 0 Å². The van der Waals surface area contributed by atoms with Gasteiger partial charge < -0.3 is 15.4 Å². The molecule has 3 rings (SSSR count). The molecule has 11 heteroatoms. The number of aryl methyl sites for hydroxylation is 1. The second kappa shape index (κ2) is 9.90. The average molecular weight is 521 g/mol. The zero-order valence-electron chi connectivity index (χ0n) is 17.6. The maximum atomic E-state index is 13.8. The Labute approximate surface area is 195 Å². The largest absolute Gasteiger partial charge is 0.472 e. The Hall–Kier alpha value is -3.60. The van der Waals surface area contributed by atoms with Gasteiger partial charge in [-0.3, -0.25) is 19.0 Å². The van der Waals surface area contributed by atoms with Crippen LogP contribution in [0, 0.1) is 18.6 Å². The molecule has 2 amide bonds. The molecule has 3 aromatic rings. The molecule has 0 radical (unpaired) electrons. The number of likely N-dealkylation sites (N-methyl/N-ethyl adjacent to an activating group) is 1. The van der Waals surface area contributed by atoms with Crippen LogP contribution in [0.3, 0.4) is 0 Å². The molecule has 0 bridgehead atoms. The van der Waals surface area contributed by atoms with E-state index >= 15 is 0 Å². The van der Waals surface area contributed by atoms with E-state index in [9.17, 15) is 23.2 Å². The zero-order valence-corrected chi connectivity index (χ0v) is 19.2. The summed E-state index contributed by atoms with van der Waals surface area (Å²) in [4.78, 5) is 41.9. The lowest BCUT2D eigenvalue weighted by molar-refractivity contribution is -0.118. The topological polar surface area (TPSA) is 108 Å². The Kier molecular flexibility index (Phi) is 7.22. The second-order valence-electron chi connectivity index (χ2n) is 7.19. The summed E-state index contributed by atoms with van der Waals surface area (Å²) in [5, 5.41) is 0. The van der Waals surface area contributed by atoms with Gasteiger partial charge in [-0.05, 0) is 52.7 Å². The van der Waals surface area contributed by atoms with Crippen molar-refractivity contribution >= 4 is 27.7 Å². The van der Waals surface area contributed by atoms with Gasteiger partial charge >= 0.3 is 0 Å².